The van der Waals surface area contributed by atoms with E-state index in [9.17, 15) is 9.90 Å². The lowest BCUT2D eigenvalue weighted by Gasteiger charge is -2.25. The van der Waals surface area contributed by atoms with Crippen molar-refractivity contribution in [3.8, 4) is 0 Å². The predicted molar refractivity (Wildman–Crippen MR) is 46.0 cm³/mol. The lowest BCUT2D eigenvalue weighted by molar-refractivity contribution is -0.179. The first-order valence-electron chi connectivity index (χ1n) is 4.43. The fourth-order valence-corrected chi connectivity index (χ4v) is 1.49. The highest BCUT2D eigenvalue weighted by molar-refractivity contribution is 5.81. The molecule has 0 amide bonds. The van der Waals surface area contributed by atoms with E-state index in [1.807, 2.05) is 0 Å². The van der Waals surface area contributed by atoms with Crippen LogP contribution in [-0.4, -0.2) is 28.6 Å². The molecule has 0 aromatic rings. The van der Waals surface area contributed by atoms with Gasteiger partial charge in [-0.25, -0.2) is 4.79 Å². The summed E-state index contributed by atoms with van der Waals surface area (Å²) in [5, 5.41) is 9.59. The number of aliphatic hydroxyl groups excluding tert-OH is 1. The largest absolute Gasteiger partial charge is 0.431 e. The van der Waals surface area contributed by atoms with Gasteiger partial charge < -0.3 is 14.6 Å². The summed E-state index contributed by atoms with van der Waals surface area (Å²) in [5.74, 6) is -1.42. The summed E-state index contributed by atoms with van der Waals surface area (Å²) >= 11 is 0. The molecular formula is C9H16O4. The van der Waals surface area contributed by atoms with E-state index in [1.165, 1.54) is 0 Å². The molecule has 0 spiro atoms. The van der Waals surface area contributed by atoms with E-state index in [0.29, 0.717) is 6.42 Å². The molecule has 1 heterocycles. The first-order chi connectivity index (χ1) is 5.82. The number of rotatable bonds is 2. The molecule has 0 aliphatic carbocycles. The Labute approximate surface area is 77.8 Å². The number of esters is 1. The Morgan fingerprint density at radius 3 is 2.31 bits per heavy atom. The van der Waals surface area contributed by atoms with Crippen LogP contribution in [0.2, 0.25) is 0 Å². The molecule has 13 heavy (non-hydrogen) atoms. The fraction of sp³-hybridized carbons (Fsp3) is 0.889. The van der Waals surface area contributed by atoms with Gasteiger partial charge in [-0.2, -0.15) is 0 Å². The van der Waals surface area contributed by atoms with Crippen molar-refractivity contribution < 1.29 is 19.4 Å². The van der Waals surface area contributed by atoms with Gasteiger partial charge in [-0.3, -0.25) is 0 Å². The Bertz CT molecular complexity index is 224. The van der Waals surface area contributed by atoms with Gasteiger partial charge in [0.15, 0.2) is 5.60 Å². The summed E-state index contributed by atoms with van der Waals surface area (Å²) in [6, 6.07) is 0. The summed E-state index contributed by atoms with van der Waals surface area (Å²) in [7, 11) is 0. The Morgan fingerprint density at radius 1 is 1.46 bits per heavy atom. The second-order valence-electron chi connectivity index (χ2n) is 3.92. The maximum absolute atomic E-state index is 11.4. The molecule has 1 aliphatic heterocycles. The molecule has 2 unspecified atom stereocenters. The first-order valence-corrected chi connectivity index (χ1v) is 4.43. The summed E-state index contributed by atoms with van der Waals surface area (Å²) in [6.07, 6.45) is -0.358. The quantitative estimate of drug-likeness (QED) is 0.652. The SMILES string of the molecule is CCC(O)C1(C)OC(C)(C)OC1=O. The van der Waals surface area contributed by atoms with E-state index in [2.05, 4.69) is 0 Å². The minimum atomic E-state index is -1.21. The highest BCUT2D eigenvalue weighted by atomic mass is 16.8. The van der Waals surface area contributed by atoms with Crippen LogP contribution < -0.4 is 0 Å². The molecule has 4 heteroatoms. The zero-order valence-electron chi connectivity index (χ0n) is 8.46. The molecule has 1 rings (SSSR count). The Morgan fingerprint density at radius 2 is 2.00 bits per heavy atom. The van der Waals surface area contributed by atoms with Gasteiger partial charge in [0.1, 0.15) is 0 Å². The van der Waals surface area contributed by atoms with E-state index in [-0.39, 0.29) is 0 Å². The van der Waals surface area contributed by atoms with Crippen LogP contribution in [0.4, 0.5) is 0 Å². The molecule has 76 valence electrons. The smallest absolute Gasteiger partial charge is 0.343 e. The van der Waals surface area contributed by atoms with E-state index in [4.69, 9.17) is 9.47 Å². The van der Waals surface area contributed by atoms with Gasteiger partial charge in [0, 0.05) is 13.8 Å². The highest BCUT2D eigenvalue weighted by Gasteiger charge is 2.54. The third-order valence-electron chi connectivity index (χ3n) is 2.22. The third kappa shape index (κ3) is 1.69. The number of hydrogen-bond donors (Lipinski definition) is 1. The van der Waals surface area contributed by atoms with Crippen LogP contribution in [0.1, 0.15) is 34.1 Å². The molecule has 0 saturated carbocycles. The molecule has 0 bridgehead atoms. The lowest BCUT2D eigenvalue weighted by atomic mass is 9.97. The minimum absolute atomic E-state index is 0.460. The first kappa shape index (κ1) is 10.5. The van der Waals surface area contributed by atoms with Crippen molar-refractivity contribution in [1.29, 1.82) is 0 Å². The molecule has 1 saturated heterocycles. The predicted octanol–water partition coefficient (Wildman–Crippen LogP) is 0.825. The van der Waals surface area contributed by atoms with Crippen molar-refractivity contribution >= 4 is 5.97 Å². The van der Waals surface area contributed by atoms with Crippen molar-refractivity contribution in [3.05, 3.63) is 0 Å². The topological polar surface area (TPSA) is 55.8 Å². The van der Waals surface area contributed by atoms with Crippen LogP contribution in [-0.2, 0) is 14.3 Å². The van der Waals surface area contributed by atoms with Crippen molar-refractivity contribution in [1.82, 2.24) is 0 Å². The number of cyclic esters (lactones) is 1. The molecule has 0 aromatic carbocycles. The van der Waals surface area contributed by atoms with Crippen molar-refractivity contribution in [2.24, 2.45) is 0 Å². The average molecular weight is 188 g/mol. The van der Waals surface area contributed by atoms with Crippen LogP contribution in [0.5, 0.6) is 0 Å². The van der Waals surface area contributed by atoms with Crippen molar-refractivity contribution in [3.63, 3.8) is 0 Å². The van der Waals surface area contributed by atoms with Crippen molar-refractivity contribution in [2.45, 2.75) is 51.6 Å². The van der Waals surface area contributed by atoms with Gasteiger partial charge in [-0.05, 0) is 13.3 Å². The van der Waals surface area contributed by atoms with Gasteiger partial charge in [0.25, 0.3) is 0 Å². The standard InChI is InChI=1S/C9H16O4/c1-5-6(10)9(4)7(11)12-8(2,3)13-9/h6,10H,5H2,1-4H3. The number of aliphatic hydroxyl groups is 1. The average Bonchev–Trinajstić information content (AvgIpc) is 2.20. The highest BCUT2D eigenvalue weighted by Crippen LogP contribution is 2.35. The van der Waals surface area contributed by atoms with Crippen LogP contribution in [0.25, 0.3) is 0 Å². The molecular weight excluding hydrogens is 172 g/mol. The normalized spacial score (nSPS) is 34.4. The second-order valence-corrected chi connectivity index (χ2v) is 3.92. The van der Waals surface area contributed by atoms with Gasteiger partial charge in [0.2, 0.25) is 5.79 Å². The van der Waals surface area contributed by atoms with Gasteiger partial charge in [0.05, 0.1) is 6.10 Å². The Balaban J connectivity index is 2.87. The molecule has 4 nitrogen and oxygen atoms in total. The minimum Gasteiger partial charge on any atom is -0.431 e. The second kappa shape index (κ2) is 2.96. The number of carbonyl (C=O) groups is 1. The summed E-state index contributed by atoms with van der Waals surface area (Å²) in [4.78, 5) is 11.4. The number of carbonyl (C=O) groups excluding carboxylic acids is 1. The maximum Gasteiger partial charge on any atom is 0.343 e. The maximum atomic E-state index is 11.4. The zero-order valence-corrected chi connectivity index (χ0v) is 8.46. The zero-order chi connectivity index (χ0) is 10.3. The van der Waals surface area contributed by atoms with Gasteiger partial charge >= 0.3 is 5.97 Å². The summed E-state index contributed by atoms with van der Waals surface area (Å²) < 4.78 is 10.3. The number of ether oxygens (including phenoxy) is 2. The number of hydrogen-bond acceptors (Lipinski definition) is 4. The summed E-state index contributed by atoms with van der Waals surface area (Å²) in [5.41, 5.74) is -1.21. The van der Waals surface area contributed by atoms with Crippen LogP contribution in [0, 0.1) is 0 Å². The molecule has 0 aromatic heterocycles. The Kier molecular flexibility index (Phi) is 2.38. The van der Waals surface area contributed by atoms with Crippen LogP contribution in [0.15, 0.2) is 0 Å². The molecule has 2 atom stereocenters. The van der Waals surface area contributed by atoms with Crippen LogP contribution in [0.3, 0.4) is 0 Å². The molecule has 1 aliphatic rings. The molecule has 1 fully saturated rings. The molecule has 0 radical (unpaired) electrons. The molecule has 1 N–H and O–H groups in total. The van der Waals surface area contributed by atoms with Crippen molar-refractivity contribution in [2.75, 3.05) is 0 Å². The summed E-state index contributed by atoms with van der Waals surface area (Å²) in [6.45, 7) is 6.65. The van der Waals surface area contributed by atoms with E-state index in [1.54, 1.807) is 27.7 Å². The van der Waals surface area contributed by atoms with Gasteiger partial charge in [-0.1, -0.05) is 6.92 Å². The third-order valence-corrected chi connectivity index (χ3v) is 2.22. The van der Waals surface area contributed by atoms with E-state index >= 15 is 0 Å². The fourth-order valence-electron chi connectivity index (χ4n) is 1.49. The van der Waals surface area contributed by atoms with Gasteiger partial charge in [-0.15, -0.1) is 0 Å². The Hall–Kier alpha value is -0.610. The van der Waals surface area contributed by atoms with E-state index in [0.717, 1.165) is 0 Å². The monoisotopic (exact) mass is 188 g/mol. The van der Waals surface area contributed by atoms with Crippen LogP contribution >= 0.6 is 0 Å². The lowest BCUT2D eigenvalue weighted by Crippen LogP contribution is -2.45. The van der Waals surface area contributed by atoms with E-state index < -0.39 is 23.5 Å².